The molecule has 13 heteroatoms. The number of H-pyrrole nitrogens is 2. The molecule has 0 bridgehead atoms. The molecule has 0 saturated heterocycles. The van der Waals surface area contributed by atoms with Crippen LogP contribution in [0.4, 0.5) is 4.39 Å². The minimum Gasteiger partial charge on any atom is -0.331 e. The average Bonchev–Trinajstić information content (AvgIpc) is 3.37. The monoisotopic (exact) mass is 559 g/mol. The first kappa shape index (κ1) is 22.6. The van der Waals surface area contributed by atoms with E-state index in [4.69, 9.17) is 28.2 Å². The van der Waals surface area contributed by atoms with Gasteiger partial charge in [-0.2, -0.15) is 9.78 Å². The lowest BCUT2D eigenvalue weighted by atomic mass is 10.0. The number of imidazole rings is 1. The van der Waals surface area contributed by atoms with Gasteiger partial charge < -0.3 is 9.55 Å². The summed E-state index contributed by atoms with van der Waals surface area (Å²) in [7, 11) is 0. The van der Waals surface area contributed by atoms with Crippen LogP contribution in [0.1, 0.15) is 29.9 Å². The number of pyridine rings is 1. The number of fused-ring (bicyclic) bond motifs is 4. The zero-order valence-electron chi connectivity index (χ0n) is 19.8. The number of hydrogen-bond acceptors (Lipinski definition) is 6. The lowest BCUT2D eigenvalue weighted by molar-refractivity contribution is 0.514. The fraction of sp³-hybridized carbons (Fsp3) is 0.154. The summed E-state index contributed by atoms with van der Waals surface area (Å²) < 4.78 is 18.6. The lowest BCUT2D eigenvalue weighted by Crippen LogP contribution is -2.26. The third kappa shape index (κ3) is 3.33. The van der Waals surface area contributed by atoms with Crippen LogP contribution >= 0.6 is 23.2 Å². The van der Waals surface area contributed by atoms with Gasteiger partial charge in [0.25, 0.3) is 5.56 Å². The van der Waals surface area contributed by atoms with E-state index in [0.29, 0.717) is 33.1 Å². The molecule has 0 radical (unpaired) electrons. The summed E-state index contributed by atoms with van der Waals surface area (Å²) in [6.07, 6.45) is 3.83. The van der Waals surface area contributed by atoms with E-state index in [-0.39, 0.29) is 34.2 Å². The van der Waals surface area contributed by atoms with Crippen molar-refractivity contribution in [2.75, 3.05) is 0 Å². The smallest absolute Gasteiger partial charge is 0.252 e. The molecule has 4 aromatic heterocycles. The lowest BCUT2D eigenvalue weighted by Gasteiger charge is -2.17. The van der Waals surface area contributed by atoms with E-state index in [9.17, 15) is 4.79 Å². The molecule has 3 unspecified atom stereocenters. The van der Waals surface area contributed by atoms with E-state index in [0.717, 1.165) is 23.2 Å². The minimum atomic E-state index is -0.459. The van der Waals surface area contributed by atoms with E-state index in [1.54, 1.807) is 34.9 Å². The number of nitrogens with one attached hydrogen (secondary N) is 2. The SMILES string of the molecule is O=c1cc(-c2cc(Cl)ccc2-n2cnnn2)cc2n1C(c1nc(-c3ccc4[nH]ncc4c3F)c(Cl)[nH]1)C1CC21. The van der Waals surface area contributed by atoms with Gasteiger partial charge in [-0.25, -0.2) is 9.37 Å². The second kappa shape index (κ2) is 8.08. The van der Waals surface area contributed by atoms with E-state index >= 15 is 4.39 Å². The first-order chi connectivity index (χ1) is 19.0. The van der Waals surface area contributed by atoms with Gasteiger partial charge in [0.1, 0.15) is 28.8 Å². The van der Waals surface area contributed by atoms with Gasteiger partial charge in [0.2, 0.25) is 0 Å². The molecule has 0 amide bonds. The Morgan fingerprint density at radius 2 is 1.97 bits per heavy atom. The number of hydrogen-bond donors (Lipinski definition) is 2. The number of benzene rings is 2. The van der Waals surface area contributed by atoms with Crippen LogP contribution in [0.3, 0.4) is 0 Å². The fourth-order valence-corrected chi connectivity index (χ4v) is 6.24. The van der Waals surface area contributed by atoms with Crippen molar-refractivity contribution in [2.45, 2.75) is 18.4 Å². The van der Waals surface area contributed by atoms with E-state index in [1.807, 2.05) is 12.1 Å². The maximum Gasteiger partial charge on any atom is 0.252 e. The fourth-order valence-electron chi connectivity index (χ4n) is 5.82. The first-order valence-electron chi connectivity index (χ1n) is 12.1. The molecule has 1 aliphatic heterocycles. The largest absolute Gasteiger partial charge is 0.331 e. The van der Waals surface area contributed by atoms with Gasteiger partial charge in [0.15, 0.2) is 0 Å². The molecule has 5 heterocycles. The van der Waals surface area contributed by atoms with Crippen LogP contribution in [-0.4, -0.2) is 44.9 Å². The number of halogens is 3. The second-order valence-electron chi connectivity index (χ2n) is 9.79. The molecule has 2 aliphatic rings. The van der Waals surface area contributed by atoms with Gasteiger partial charge in [-0.15, -0.1) is 5.10 Å². The molecule has 8 rings (SSSR count). The molecule has 1 aliphatic carbocycles. The molecule has 2 N–H and O–H groups in total. The van der Waals surface area contributed by atoms with Crippen molar-refractivity contribution >= 4 is 34.1 Å². The van der Waals surface area contributed by atoms with Gasteiger partial charge in [-0.3, -0.25) is 9.89 Å². The summed E-state index contributed by atoms with van der Waals surface area (Å²) >= 11 is 12.9. The molecule has 39 heavy (non-hydrogen) atoms. The van der Waals surface area contributed by atoms with Crippen molar-refractivity contribution in [2.24, 2.45) is 5.92 Å². The Bertz CT molecular complexity index is 1990. The van der Waals surface area contributed by atoms with Crippen molar-refractivity contribution < 1.29 is 4.39 Å². The Morgan fingerprint density at radius 1 is 1.08 bits per heavy atom. The summed E-state index contributed by atoms with van der Waals surface area (Å²) in [4.78, 5) is 21.4. The summed E-state index contributed by atoms with van der Waals surface area (Å²) in [5.74, 6) is 0.450. The predicted molar refractivity (Wildman–Crippen MR) is 141 cm³/mol. The zero-order valence-corrected chi connectivity index (χ0v) is 21.3. The van der Waals surface area contributed by atoms with E-state index in [2.05, 4.69) is 30.7 Å². The summed E-state index contributed by atoms with van der Waals surface area (Å²) in [6.45, 7) is 0. The Kier molecular flexibility index (Phi) is 4.68. The van der Waals surface area contributed by atoms with Gasteiger partial charge in [-0.1, -0.05) is 23.2 Å². The molecule has 10 nitrogen and oxygen atoms in total. The summed E-state index contributed by atoms with van der Waals surface area (Å²) in [5.41, 5.74) is 4.04. The predicted octanol–water partition coefficient (Wildman–Crippen LogP) is 4.91. The second-order valence-corrected chi connectivity index (χ2v) is 10.6. The Morgan fingerprint density at radius 3 is 2.82 bits per heavy atom. The van der Waals surface area contributed by atoms with Gasteiger partial charge in [0.05, 0.1) is 28.8 Å². The average molecular weight is 560 g/mol. The van der Waals surface area contributed by atoms with Crippen LogP contribution in [0.25, 0.3) is 39.0 Å². The van der Waals surface area contributed by atoms with Crippen LogP contribution in [-0.2, 0) is 0 Å². The summed E-state index contributed by atoms with van der Waals surface area (Å²) in [5, 5.41) is 19.2. The maximum atomic E-state index is 15.3. The molecule has 2 aromatic carbocycles. The molecule has 6 aromatic rings. The highest BCUT2D eigenvalue weighted by molar-refractivity contribution is 6.32. The highest BCUT2D eigenvalue weighted by atomic mass is 35.5. The number of aromatic amines is 2. The number of aromatic nitrogens is 9. The van der Waals surface area contributed by atoms with Crippen LogP contribution in [0.15, 0.2) is 59.8 Å². The van der Waals surface area contributed by atoms with Crippen molar-refractivity contribution in [3.63, 3.8) is 0 Å². The molecule has 1 saturated carbocycles. The van der Waals surface area contributed by atoms with Crippen LogP contribution in [0.5, 0.6) is 0 Å². The number of rotatable bonds is 4. The maximum absolute atomic E-state index is 15.3. The number of tetrazole rings is 1. The summed E-state index contributed by atoms with van der Waals surface area (Å²) in [6, 6.07) is 12.0. The third-order valence-corrected chi connectivity index (χ3v) is 8.15. The quantitative estimate of drug-likeness (QED) is 0.316. The van der Waals surface area contributed by atoms with Crippen molar-refractivity contribution in [1.29, 1.82) is 0 Å². The molecular weight excluding hydrogens is 544 g/mol. The van der Waals surface area contributed by atoms with Crippen LogP contribution in [0.2, 0.25) is 10.2 Å². The van der Waals surface area contributed by atoms with Crippen LogP contribution in [0, 0.1) is 11.7 Å². The highest BCUT2D eigenvalue weighted by Gasteiger charge is 2.54. The topological polar surface area (TPSA) is 123 Å². The molecule has 192 valence electrons. The Hall–Kier alpha value is -4.35. The molecule has 1 fully saturated rings. The molecule has 0 spiro atoms. The normalized spacial score (nSPS) is 19.4. The standard InChI is InChI=1S/C26H16Cl2FN9O/c27-12-1-4-19(37-10-31-35-36-37)14(7-12)11-5-20-15-8-16(15)24(38(20)21(39)6-11)26-32-23(25(28)33-26)13-2-3-18-17(22(13)29)9-30-34-18/h1-7,9-10,15-16,24H,8H2,(H,30,34)(H,32,33). The van der Waals surface area contributed by atoms with Crippen molar-refractivity contribution in [1.82, 2.24) is 44.9 Å². The molecular formula is C26H16Cl2FN9O. The van der Waals surface area contributed by atoms with Crippen molar-refractivity contribution in [3.8, 4) is 28.1 Å². The Labute approximate surface area is 228 Å². The van der Waals surface area contributed by atoms with Crippen LogP contribution < -0.4 is 5.56 Å². The third-order valence-electron chi connectivity index (χ3n) is 7.64. The highest BCUT2D eigenvalue weighted by Crippen LogP contribution is 2.60. The zero-order chi connectivity index (χ0) is 26.4. The van der Waals surface area contributed by atoms with Crippen molar-refractivity contribution in [3.05, 3.63) is 92.9 Å². The van der Waals surface area contributed by atoms with Gasteiger partial charge in [-0.05, 0) is 64.7 Å². The number of nitrogens with zero attached hydrogens (tertiary/aromatic N) is 7. The van der Waals surface area contributed by atoms with Gasteiger partial charge in [0, 0.05) is 33.8 Å². The van der Waals surface area contributed by atoms with Gasteiger partial charge >= 0.3 is 0 Å². The van der Waals surface area contributed by atoms with E-state index < -0.39 is 5.82 Å². The molecule has 3 atom stereocenters. The van der Waals surface area contributed by atoms with E-state index in [1.165, 1.54) is 17.2 Å². The first-order valence-corrected chi connectivity index (χ1v) is 12.9. The minimum absolute atomic E-state index is 0.178. The Balaban J connectivity index is 1.23.